The van der Waals surface area contributed by atoms with Crippen LogP contribution in [0.15, 0.2) is 42.5 Å². The van der Waals surface area contributed by atoms with Crippen molar-refractivity contribution >= 4 is 17.6 Å². The van der Waals surface area contributed by atoms with Crippen molar-refractivity contribution in [3.8, 4) is 17.6 Å². The lowest BCUT2D eigenvalue weighted by molar-refractivity contribution is -0.140. The molecular formula is C23H26ClNO5. The summed E-state index contributed by atoms with van der Waals surface area (Å²) in [6.45, 7) is 3.24. The van der Waals surface area contributed by atoms with E-state index in [4.69, 9.17) is 35.8 Å². The van der Waals surface area contributed by atoms with E-state index in [-0.39, 0.29) is 17.8 Å². The summed E-state index contributed by atoms with van der Waals surface area (Å²) in [6.07, 6.45) is 0.337. The second-order valence-corrected chi connectivity index (χ2v) is 7.35. The highest BCUT2D eigenvalue weighted by Gasteiger charge is 2.14. The van der Waals surface area contributed by atoms with Gasteiger partial charge in [0.15, 0.2) is 0 Å². The van der Waals surface area contributed by atoms with Crippen molar-refractivity contribution in [2.75, 3.05) is 34.0 Å². The Morgan fingerprint density at radius 1 is 1.03 bits per heavy atom. The first kappa shape index (κ1) is 23.5. The molecule has 0 saturated heterocycles. The second-order valence-electron chi connectivity index (χ2n) is 6.95. The number of nitrogens with zero attached hydrogens (tertiary/aromatic N) is 1. The van der Waals surface area contributed by atoms with Crippen LogP contribution < -0.4 is 9.47 Å². The molecule has 0 bridgehead atoms. The zero-order chi connectivity index (χ0) is 21.9. The van der Waals surface area contributed by atoms with Gasteiger partial charge in [0.1, 0.15) is 17.6 Å². The Labute approximate surface area is 182 Å². The van der Waals surface area contributed by atoms with E-state index in [1.165, 1.54) is 7.11 Å². The molecule has 0 aromatic heterocycles. The van der Waals surface area contributed by atoms with Crippen molar-refractivity contribution in [2.24, 2.45) is 5.92 Å². The summed E-state index contributed by atoms with van der Waals surface area (Å²) in [6, 6.07) is 14.6. The first-order valence-electron chi connectivity index (χ1n) is 9.57. The number of hydrogen-bond donors (Lipinski definition) is 0. The van der Waals surface area contributed by atoms with Crippen LogP contribution in [0.4, 0.5) is 0 Å². The average molecular weight is 432 g/mol. The molecular weight excluding hydrogens is 406 g/mol. The van der Waals surface area contributed by atoms with Crippen molar-refractivity contribution in [2.45, 2.75) is 19.3 Å². The lowest BCUT2D eigenvalue weighted by atomic mass is 9.98. The van der Waals surface area contributed by atoms with Gasteiger partial charge in [0, 0.05) is 13.2 Å². The monoisotopic (exact) mass is 431 g/mol. The van der Waals surface area contributed by atoms with Crippen molar-refractivity contribution in [3.63, 3.8) is 0 Å². The molecule has 2 aromatic rings. The van der Waals surface area contributed by atoms with E-state index in [9.17, 15) is 4.79 Å². The Morgan fingerprint density at radius 3 is 2.23 bits per heavy atom. The molecule has 2 unspecified atom stereocenters. The molecule has 0 aliphatic carbocycles. The van der Waals surface area contributed by atoms with Gasteiger partial charge in [-0.15, -0.1) is 0 Å². The zero-order valence-corrected chi connectivity index (χ0v) is 18.1. The van der Waals surface area contributed by atoms with Gasteiger partial charge in [-0.2, -0.15) is 5.26 Å². The van der Waals surface area contributed by atoms with Gasteiger partial charge in [0.05, 0.1) is 49.9 Å². The quantitative estimate of drug-likeness (QED) is 0.484. The van der Waals surface area contributed by atoms with Gasteiger partial charge in [-0.1, -0.05) is 30.7 Å². The minimum Gasteiger partial charge on any atom is -0.493 e. The van der Waals surface area contributed by atoms with E-state index >= 15 is 0 Å². The lowest BCUT2D eigenvalue weighted by Crippen LogP contribution is -2.24. The molecule has 160 valence electrons. The summed E-state index contributed by atoms with van der Waals surface area (Å²) >= 11 is 6.04. The Kier molecular flexibility index (Phi) is 9.46. The van der Waals surface area contributed by atoms with Gasteiger partial charge < -0.3 is 18.9 Å². The molecule has 2 atom stereocenters. The largest absolute Gasteiger partial charge is 0.493 e. The van der Waals surface area contributed by atoms with Crippen molar-refractivity contribution in [1.82, 2.24) is 0 Å². The number of rotatable bonds is 11. The molecule has 30 heavy (non-hydrogen) atoms. The number of benzene rings is 2. The average Bonchev–Trinajstić information content (AvgIpc) is 2.76. The van der Waals surface area contributed by atoms with Crippen molar-refractivity contribution in [1.29, 1.82) is 5.26 Å². The molecule has 6 nitrogen and oxygen atoms in total. The third-order valence-electron chi connectivity index (χ3n) is 4.58. The second kappa shape index (κ2) is 12.1. The molecule has 0 aliphatic rings. The van der Waals surface area contributed by atoms with Crippen LogP contribution in [0.1, 0.15) is 30.4 Å². The van der Waals surface area contributed by atoms with Crippen molar-refractivity contribution < 1.29 is 23.7 Å². The van der Waals surface area contributed by atoms with E-state index in [2.05, 4.69) is 0 Å². The molecule has 0 saturated carbocycles. The van der Waals surface area contributed by atoms with Crippen LogP contribution in [0.25, 0.3) is 0 Å². The highest BCUT2D eigenvalue weighted by molar-refractivity contribution is 6.31. The van der Waals surface area contributed by atoms with E-state index in [0.717, 1.165) is 11.3 Å². The van der Waals surface area contributed by atoms with E-state index in [1.807, 2.05) is 37.3 Å². The summed E-state index contributed by atoms with van der Waals surface area (Å²) < 4.78 is 21.7. The maximum atomic E-state index is 11.4. The topological polar surface area (TPSA) is 77.8 Å². The molecule has 0 aliphatic heterocycles. The molecule has 0 fully saturated rings. The smallest absolute Gasteiger partial charge is 0.306 e. The Morgan fingerprint density at radius 2 is 1.67 bits per heavy atom. The minimum atomic E-state index is -0.228. The van der Waals surface area contributed by atoms with Crippen LogP contribution in [-0.4, -0.2) is 40.0 Å². The first-order valence-corrected chi connectivity index (χ1v) is 9.95. The number of ether oxygens (including phenoxy) is 4. The summed E-state index contributed by atoms with van der Waals surface area (Å²) in [5.41, 5.74) is 1.45. The summed E-state index contributed by atoms with van der Waals surface area (Å²) in [7, 11) is 3.02. The standard InChI is InChI=1S/C23H26ClNO5/c1-16(10-23(26)28-3)18-4-7-20(8-5-18)29-14-17(13-27-2)15-30-21-9-6-19(12-25)22(24)11-21/h4-9,11,16-17H,10,13-15H2,1-3H3. The van der Waals surface area contributed by atoms with Crippen LogP contribution in [0.2, 0.25) is 5.02 Å². The van der Waals surface area contributed by atoms with E-state index < -0.39 is 0 Å². The predicted octanol–water partition coefficient (Wildman–Crippen LogP) is 4.60. The zero-order valence-electron chi connectivity index (χ0n) is 17.4. The van der Waals surface area contributed by atoms with E-state index in [0.29, 0.717) is 42.6 Å². The molecule has 0 amide bonds. The maximum absolute atomic E-state index is 11.4. The van der Waals surface area contributed by atoms with Gasteiger partial charge in [-0.3, -0.25) is 4.79 Å². The predicted molar refractivity (Wildman–Crippen MR) is 114 cm³/mol. The Hall–Kier alpha value is -2.75. The van der Waals surface area contributed by atoms with Gasteiger partial charge in [0.2, 0.25) is 0 Å². The Balaban J connectivity index is 1.88. The summed E-state index contributed by atoms with van der Waals surface area (Å²) in [4.78, 5) is 11.4. The number of nitriles is 1. The SMILES string of the molecule is COCC(COc1ccc(C(C)CC(=O)OC)cc1)COc1ccc(C#N)c(Cl)c1. The highest BCUT2D eigenvalue weighted by Crippen LogP contribution is 2.24. The highest BCUT2D eigenvalue weighted by atomic mass is 35.5. The lowest BCUT2D eigenvalue weighted by Gasteiger charge is -2.18. The molecule has 7 heteroatoms. The minimum absolute atomic E-state index is 0.00217. The fraction of sp³-hybridized carbons (Fsp3) is 0.391. The van der Waals surface area contributed by atoms with Crippen LogP contribution in [-0.2, 0) is 14.3 Å². The molecule has 2 aromatic carbocycles. The third-order valence-corrected chi connectivity index (χ3v) is 4.90. The summed E-state index contributed by atoms with van der Waals surface area (Å²) in [5.74, 6) is 1.16. The van der Waals surface area contributed by atoms with E-state index in [1.54, 1.807) is 25.3 Å². The fourth-order valence-corrected chi connectivity index (χ4v) is 3.04. The van der Waals surface area contributed by atoms with Gasteiger partial charge >= 0.3 is 5.97 Å². The molecule has 0 heterocycles. The van der Waals surface area contributed by atoms with Crippen molar-refractivity contribution in [3.05, 3.63) is 58.6 Å². The molecule has 0 spiro atoms. The number of halogens is 1. The fourth-order valence-electron chi connectivity index (χ4n) is 2.83. The normalized spacial score (nSPS) is 12.5. The first-order chi connectivity index (χ1) is 14.5. The number of esters is 1. The Bertz CT molecular complexity index is 863. The van der Waals surface area contributed by atoms with Gasteiger partial charge in [-0.05, 0) is 35.7 Å². The number of methoxy groups -OCH3 is 2. The molecule has 0 N–H and O–H groups in total. The maximum Gasteiger partial charge on any atom is 0.306 e. The molecule has 0 radical (unpaired) electrons. The molecule has 2 rings (SSSR count). The van der Waals surface area contributed by atoms with Crippen LogP contribution in [0, 0.1) is 17.2 Å². The number of carbonyl (C=O) groups is 1. The van der Waals surface area contributed by atoms with Gasteiger partial charge in [0.25, 0.3) is 0 Å². The van der Waals surface area contributed by atoms with Crippen LogP contribution in [0.5, 0.6) is 11.5 Å². The number of carbonyl (C=O) groups excluding carboxylic acids is 1. The van der Waals surface area contributed by atoms with Crippen LogP contribution >= 0.6 is 11.6 Å². The number of hydrogen-bond acceptors (Lipinski definition) is 6. The van der Waals surface area contributed by atoms with Crippen LogP contribution in [0.3, 0.4) is 0 Å². The van der Waals surface area contributed by atoms with Gasteiger partial charge in [-0.25, -0.2) is 0 Å². The summed E-state index contributed by atoms with van der Waals surface area (Å²) in [5, 5.41) is 9.30. The third kappa shape index (κ3) is 7.25.